The number of rotatable bonds is 2. The van der Waals surface area contributed by atoms with Gasteiger partial charge in [-0.2, -0.15) is 5.26 Å². The van der Waals surface area contributed by atoms with Crippen LogP contribution in [0.4, 0.5) is 14.5 Å². The highest BCUT2D eigenvalue weighted by Crippen LogP contribution is 2.32. The van der Waals surface area contributed by atoms with Crippen LogP contribution in [-0.2, 0) is 9.53 Å². The van der Waals surface area contributed by atoms with Gasteiger partial charge in [0.05, 0.1) is 16.2 Å². The summed E-state index contributed by atoms with van der Waals surface area (Å²) in [5.74, 6) is -2.25. The molecule has 4 nitrogen and oxygen atoms in total. The standard InChI is InChI=1S/C13H11BrF2N2O2/c14-8-5-11(10(16)6-9(8)15)18-12(19)13(7-17)1-3-20-4-2-13/h5-6H,1-4H2,(H,18,19). The molecule has 0 unspecified atom stereocenters. The van der Waals surface area contributed by atoms with E-state index in [2.05, 4.69) is 21.2 Å². The van der Waals surface area contributed by atoms with Crippen molar-refractivity contribution in [3.8, 4) is 6.07 Å². The molecule has 1 aromatic rings. The average Bonchev–Trinajstić information content (AvgIpc) is 2.45. The first kappa shape index (κ1) is 14.9. The molecule has 0 bridgehead atoms. The van der Waals surface area contributed by atoms with Crippen molar-refractivity contribution >= 4 is 27.5 Å². The van der Waals surface area contributed by atoms with Gasteiger partial charge in [-0.1, -0.05) is 0 Å². The van der Waals surface area contributed by atoms with Crippen LogP contribution in [0.3, 0.4) is 0 Å². The van der Waals surface area contributed by atoms with E-state index in [1.807, 2.05) is 6.07 Å². The molecule has 1 saturated heterocycles. The van der Waals surface area contributed by atoms with Gasteiger partial charge >= 0.3 is 0 Å². The first-order chi connectivity index (χ1) is 9.48. The predicted molar refractivity (Wildman–Crippen MR) is 70.8 cm³/mol. The molecule has 2 rings (SSSR count). The maximum absolute atomic E-state index is 13.6. The first-order valence-corrected chi connectivity index (χ1v) is 6.73. The molecule has 1 aromatic carbocycles. The Morgan fingerprint density at radius 2 is 2.00 bits per heavy atom. The van der Waals surface area contributed by atoms with Crippen molar-refractivity contribution in [3.05, 3.63) is 28.2 Å². The zero-order valence-electron chi connectivity index (χ0n) is 10.4. The molecule has 0 aliphatic carbocycles. The Hall–Kier alpha value is -1.52. The molecule has 1 fully saturated rings. The van der Waals surface area contributed by atoms with Gasteiger partial charge in [-0.25, -0.2) is 8.78 Å². The monoisotopic (exact) mass is 344 g/mol. The summed E-state index contributed by atoms with van der Waals surface area (Å²) in [7, 11) is 0. The molecular formula is C13H11BrF2N2O2. The normalized spacial score (nSPS) is 17.3. The van der Waals surface area contributed by atoms with Crippen LogP contribution in [0.15, 0.2) is 16.6 Å². The van der Waals surface area contributed by atoms with Crippen LogP contribution >= 0.6 is 15.9 Å². The molecule has 1 aliphatic rings. The van der Waals surface area contributed by atoms with Crippen molar-refractivity contribution in [1.29, 1.82) is 5.26 Å². The number of anilines is 1. The molecule has 1 N–H and O–H groups in total. The minimum atomic E-state index is -1.23. The lowest BCUT2D eigenvalue weighted by atomic mass is 9.81. The largest absolute Gasteiger partial charge is 0.381 e. The summed E-state index contributed by atoms with van der Waals surface area (Å²) in [6.45, 7) is 0.604. The highest BCUT2D eigenvalue weighted by atomic mass is 79.9. The van der Waals surface area contributed by atoms with Gasteiger partial charge < -0.3 is 10.1 Å². The zero-order chi connectivity index (χ0) is 14.8. The lowest BCUT2D eigenvalue weighted by Gasteiger charge is -2.29. The lowest BCUT2D eigenvalue weighted by Crippen LogP contribution is -2.40. The first-order valence-electron chi connectivity index (χ1n) is 5.93. The fourth-order valence-corrected chi connectivity index (χ4v) is 2.31. The van der Waals surface area contributed by atoms with E-state index in [1.54, 1.807) is 0 Å². The Bertz CT molecular complexity index is 580. The molecule has 0 aromatic heterocycles. The second-order valence-corrected chi connectivity index (χ2v) is 5.36. The third kappa shape index (κ3) is 2.81. The maximum Gasteiger partial charge on any atom is 0.245 e. The minimum Gasteiger partial charge on any atom is -0.381 e. The van der Waals surface area contributed by atoms with E-state index in [1.165, 1.54) is 0 Å². The fraction of sp³-hybridized carbons (Fsp3) is 0.385. The van der Waals surface area contributed by atoms with Crippen molar-refractivity contribution in [2.75, 3.05) is 18.5 Å². The summed E-state index contributed by atoms with van der Waals surface area (Å²) in [5, 5.41) is 11.6. The molecule has 0 atom stereocenters. The molecular weight excluding hydrogens is 334 g/mol. The molecule has 7 heteroatoms. The van der Waals surface area contributed by atoms with Crippen molar-refractivity contribution in [2.45, 2.75) is 12.8 Å². The average molecular weight is 345 g/mol. The maximum atomic E-state index is 13.6. The highest BCUT2D eigenvalue weighted by Gasteiger charge is 2.40. The van der Waals surface area contributed by atoms with E-state index in [0.29, 0.717) is 19.3 Å². The van der Waals surface area contributed by atoms with Crippen LogP contribution in [0.2, 0.25) is 0 Å². The van der Waals surface area contributed by atoms with Gasteiger partial charge in [0, 0.05) is 19.3 Å². The van der Waals surface area contributed by atoms with Crippen LogP contribution in [-0.4, -0.2) is 19.1 Å². The van der Waals surface area contributed by atoms with Crippen molar-refractivity contribution < 1.29 is 18.3 Å². The molecule has 1 amide bonds. The Morgan fingerprint density at radius 3 is 2.60 bits per heavy atom. The van der Waals surface area contributed by atoms with Gasteiger partial charge in [-0.15, -0.1) is 0 Å². The summed E-state index contributed by atoms with van der Waals surface area (Å²) < 4.78 is 31.9. The van der Waals surface area contributed by atoms with Gasteiger partial charge in [0.2, 0.25) is 5.91 Å². The summed E-state index contributed by atoms with van der Waals surface area (Å²) >= 11 is 2.92. The number of hydrogen-bond donors (Lipinski definition) is 1. The van der Waals surface area contributed by atoms with Crippen LogP contribution < -0.4 is 5.32 Å². The third-order valence-electron chi connectivity index (χ3n) is 3.25. The number of carbonyl (C=O) groups is 1. The second-order valence-electron chi connectivity index (χ2n) is 4.51. The number of ether oxygens (including phenoxy) is 1. The fourth-order valence-electron chi connectivity index (χ4n) is 1.97. The quantitative estimate of drug-likeness (QED) is 0.839. The lowest BCUT2D eigenvalue weighted by molar-refractivity contribution is -0.126. The Balaban J connectivity index is 2.23. The topological polar surface area (TPSA) is 62.1 Å². The number of carbonyl (C=O) groups excluding carboxylic acids is 1. The molecule has 0 radical (unpaired) electrons. The molecule has 20 heavy (non-hydrogen) atoms. The molecule has 1 aliphatic heterocycles. The smallest absolute Gasteiger partial charge is 0.245 e. The number of nitriles is 1. The Kier molecular flexibility index (Phi) is 4.35. The van der Waals surface area contributed by atoms with E-state index in [-0.39, 0.29) is 23.0 Å². The summed E-state index contributed by atoms with van der Waals surface area (Å²) in [5.41, 5.74) is -1.39. The summed E-state index contributed by atoms with van der Waals surface area (Å²) in [4.78, 5) is 12.2. The van der Waals surface area contributed by atoms with Crippen molar-refractivity contribution in [2.24, 2.45) is 5.41 Å². The SMILES string of the molecule is N#CC1(C(=O)Nc2cc(Br)c(F)cc2F)CCOCC1. The number of amides is 1. The number of nitrogens with one attached hydrogen (secondary N) is 1. The summed E-state index contributed by atoms with van der Waals surface area (Å²) in [6, 6.07) is 3.78. The van der Waals surface area contributed by atoms with E-state index >= 15 is 0 Å². The Morgan fingerprint density at radius 1 is 1.35 bits per heavy atom. The predicted octanol–water partition coefficient (Wildman–Crippen LogP) is 2.99. The summed E-state index contributed by atoms with van der Waals surface area (Å²) in [6.07, 6.45) is 0.499. The third-order valence-corrected chi connectivity index (χ3v) is 3.86. The number of hydrogen-bond acceptors (Lipinski definition) is 3. The van der Waals surface area contributed by atoms with Crippen molar-refractivity contribution in [3.63, 3.8) is 0 Å². The van der Waals surface area contributed by atoms with Crippen molar-refractivity contribution in [1.82, 2.24) is 0 Å². The molecule has 0 saturated carbocycles. The van der Waals surface area contributed by atoms with E-state index < -0.39 is 23.0 Å². The number of halogens is 3. The minimum absolute atomic E-state index is 0.0344. The van der Waals surface area contributed by atoms with Crippen LogP contribution in [0, 0.1) is 28.4 Å². The van der Waals surface area contributed by atoms with Crippen LogP contribution in [0.1, 0.15) is 12.8 Å². The molecule has 106 valence electrons. The van der Waals surface area contributed by atoms with E-state index in [9.17, 15) is 18.8 Å². The van der Waals surface area contributed by atoms with Gasteiger partial charge in [-0.05, 0) is 34.8 Å². The highest BCUT2D eigenvalue weighted by molar-refractivity contribution is 9.10. The Labute approximate surface area is 122 Å². The van der Waals surface area contributed by atoms with E-state index in [0.717, 1.165) is 6.07 Å². The molecule has 1 heterocycles. The van der Waals surface area contributed by atoms with Gasteiger partial charge in [-0.3, -0.25) is 4.79 Å². The molecule has 0 spiro atoms. The van der Waals surface area contributed by atoms with Gasteiger partial charge in [0.25, 0.3) is 0 Å². The van der Waals surface area contributed by atoms with Crippen LogP contribution in [0.25, 0.3) is 0 Å². The van der Waals surface area contributed by atoms with Gasteiger partial charge in [0.15, 0.2) is 0 Å². The number of benzene rings is 1. The van der Waals surface area contributed by atoms with Gasteiger partial charge in [0.1, 0.15) is 17.0 Å². The zero-order valence-corrected chi connectivity index (χ0v) is 12.0. The number of nitrogens with zero attached hydrogens (tertiary/aromatic N) is 1. The van der Waals surface area contributed by atoms with E-state index in [4.69, 9.17) is 4.74 Å². The second kappa shape index (κ2) is 5.85. The van der Waals surface area contributed by atoms with Crippen LogP contribution in [0.5, 0.6) is 0 Å².